The van der Waals surface area contributed by atoms with Gasteiger partial charge in [0.05, 0.1) is 12.8 Å². The van der Waals surface area contributed by atoms with Crippen LogP contribution < -0.4 is 16.2 Å². The van der Waals surface area contributed by atoms with Gasteiger partial charge >= 0.3 is 12.3 Å². The standard InChI is InChI=1S/C9H10F3N3O3/c1-17-8(16)7-6(14)4(3-13)2-5(15-7)18-9(10,11)12/h2H,3,13-14H2,1H3. The molecule has 0 aliphatic heterocycles. The number of methoxy groups -OCH3 is 1. The Labute approximate surface area is 99.7 Å². The van der Waals surface area contributed by atoms with Crippen LogP contribution in [0.3, 0.4) is 0 Å². The lowest BCUT2D eigenvalue weighted by molar-refractivity contribution is -0.276. The van der Waals surface area contributed by atoms with Gasteiger partial charge < -0.3 is 20.9 Å². The highest BCUT2D eigenvalue weighted by molar-refractivity contribution is 5.93. The van der Waals surface area contributed by atoms with Gasteiger partial charge in [0.15, 0.2) is 5.69 Å². The average Bonchev–Trinajstić information content (AvgIpc) is 2.28. The number of pyridine rings is 1. The lowest BCUT2D eigenvalue weighted by Gasteiger charge is -2.12. The maximum Gasteiger partial charge on any atom is 0.574 e. The fourth-order valence-electron chi connectivity index (χ4n) is 1.17. The summed E-state index contributed by atoms with van der Waals surface area (Å²) in [6, 6.07) is 0.912. The molecule has 9 heteroatoms. The largest absolute Gasteiger partial charge is 0.574 e. The van der Waals surface area contributed by atoms with Crippen LogP contribution in [0.15, 0.2) is 6.07 Å². The van der Waals surface area contributed by atoms with Gasteiger partial charge in [-0.1, -0.05) is 0 Å². The van der Waals surface area contributed by atoms with Gasteiger partial charge in [0.1, 0.15) is 0 Å². The van der Waals surface area contributed by atoms with Crippen molar-refractivity contribution in [2.75, 3.05) is 12.8 Å². The minimum atomic E-state index is -4.93. The molecule has 4 N–H and O–H groups in total. The molecule has 0 radical (unpaired) electrons. The summed E-state index contributed by atoms with van der Waals surface area (Å²) < 4.78 is 44.1. The van der Waals surface area contributed by atoms with Crippen molar-refractivity contribution in [1.29, 1.82) is 0 Å². The fourth-order valence-corrected chi connectivity index (χ4v) is 1.17. The topological polar surface area (TPSA) is 100 Å². The third-order valence-corrected chi connectivity index (χ3v) is 1.94. The van der Waals surface area contributed by atoms with Crippen molar-refractivity contribution in [3.63, 3.8) is 0 Å². The summed E-state index contributed by atoms with van der Waals surface area (Å²) in [5.41, 5.74) is 10.3. The Morgan fingerprint density at radius 3 is 2.56 bits per heavy atom. The van der Waals surface area contributed by atoms with Crippen molar-refractivity contribution >= 4 is 11.7 Å². The average molecular weight is 265 g/mol. The Morgan fingerprint density at radius 2 is 2.11 bits per heavy atom. The third-order valence-electron chi connectivity index (χ3n) is 1.94. The number of carbonyl (C=O) groups excluding carboxylic acids is 1. The van der Waals surface area contributed by atoms with Crippen molar-refractivity contribution in [3.8, 4) is 5.88 Å². The maximum atomic E-state index is 12.1. The quantitative estimate of drug-likeness (QED) is 0.784. The van der Waals surface area contributed by atoms with Crippen molar-refractivity contribution in [2.24, 2.45) is 5.73 Å². The monoisotopic (exact) mass is 265 g/mol. The summed E-state index contributed by atoms with van der Waals surface area (Å²) in [7, 11) is 1.04. The fraction of sp³-hybridized carbons (Fsp3) is 0.333. The number of anilines is 1. The number of aromatic nitrogens is 1. The van der Waals surface area contributed by atoms with E-state index in [-0.39, 0.29) is 17.8 Å². The van der Waals surface area contributed by atoms with E-state index in [1.165, 1.54) is 0 Å². The molecule has 1 rings (SSSR count). The van der Waals surface area contributed by atoms with Crippen LogP contribution in [-0.4, -0.2) is 24.4 Å². The third kappa shape index (κ3) is 3.23. The summed E-state index contributed by atoms with van der Waals surface area (Å²) in [5.74, 6) is -1.80. The molecule has 6 nitrogen and oxygen atoms in total. The van der Waals surface area contributed by atoms with Crippen LogP contribution in [-0.2, 0) is 11.3 Å². The highest BCUT2D eigenvalue weighted by Gasteiger charge is 2.32. The summed E-state index contributed by atoms with van der Waals surface area (Å²) in [4.78, 5) is 14.6. The molecule has 0 fully saturated rings. The molecule has 0 bridgehead atoms. The molecule has 0 aromatic carbocycles. The summed E-state index contributed by atoms with van der Waals surface area (Å²) >= 11 is 0. The van der Waals surface area contributed by atoms with Crippen molar-refractivity contribution in [1.82, 2.24) is 4.98 Å². The van der Waals surface area contributed by atoms with Crippen molar-refractivity contribution in [2.45, 2.75) is 12.9 Å². The second-order valence-electron chi connectivity index (χ2n) is 3.13. The molecule has 1 heterocycles. The first-order valence-electron chi connectivity index (χ1n) is 4.62. The Morgan fingerprint density at radius 1 is 1.50 bits per heavy atom. The minimum Gasteiger partial charge on any atom is -0.464 e. The Kier molecular flexibility index (Phi) is 3.96. The predicted octanol–water partition coefficient (Wildman–Crippen LogP) is 0.808. The smallest absolute Gasteiger partial charge is 0.464 e. The molecule has 1 aromatic rings. The van der Waals surface area contributed by atoms with Gasteiger partial charge in [-0.05, 0) is 5.56 Å². The molecular formula is C9H10F3N3O3. The Balaban J connectivity index is 3.26. The van der Waals surface area contributed by atoms with Crippen molar-refractivity contribution < 1.29 is 27.4 Å². The summed E-state index contributed by atoms with van der Waals surface area (Å²) in [6.45, 7) is -0.174. The van der Waals surface area contributed by atoms with E-state index in [0.717, 1.165) is 13.2 Å². The molecule has 0 atom stereocenters. The molecule has 18 heavy (non-hydrogen) atoms. The van der Waals surface area contributed by atoms with Crippen LogP contribution in [0.2, 0.25) is 0 Å². The number of alkyl halides is 3. The number of nitrogens with zero attached hydrogens (tertiary/aromatic N) is 1. The number of hydrogen-bond donors (Lipinski definition) is 2. The molecule has 0 spiro atoms. The first-order valence-corrected chi connectivity index (χ1v) is 4.62. The zero-order chi connectivity index (χ0) is 13.9. The molecule has 100 valence electrons. The molecule has 0 aliphatic rings. The zero-order valence-corrected chi connectivity index (χ0v) is 9.25. The molecular weight excluding hydrogens is 255 g/mol. The van der Waals surface area contributed by atoms with E-state index in [1.807, 2.05) is 0 Å². The normalized spacial score (nSPS) is 11.2. The first kappa shape index (κ1) is 14.0. The van der Waals surface area contributed by atoms with E-state index in [9.17, 15) is 18.0 Å². The Hall–Kier alpha value is -2.03. The van der Waals surface area contributed by atoms with E-state index in [2.05, 4.69) is 14.5 Å². The predicted molar refractivity (Wildman–Crippen MR) is 54.6 cm³/mol. The lowest BCUT2D eigenvalue weighted by atomic mass is 10.1. The second-order valence-corrected chi connectivity index (χ2v) is 3.13. The van der Waals surface area contributed by atoms with Crippen molar-refractivity contribution in [3.05, 3.63) is 17.3 Å². The minimum absolute atomic E-state index is 0.102. The number of rotatable bonds is 3. The van der Waals surface area contributed by atoms with Gasteiger partial charge in [-0.2, -0.15) is 0 Å². The maximum absolute atomic E-state index is 12.1. The van der Waals surface area contributed by atoms with E-state index in [4.69, 9.17) is 11.5 Å². The number of esters is 1. The van der Waals surface area contributed by atoms with Crippen LogP contribution in [0.1, 0.15) is 16.1 Å². The number of nitrogen functional groups attached to an aromatic ring is 1. The Bertz CT molecular complexity index is 462. The van der Waals surface area contributed by atoms with Gasteiger partial charge in [-0.25, -0.2) is 9.78 Å². The van der Waals surface area contributed by atoms with Gasteiger partial charge in [0.2, 0.25) is 5.88 Å². The second kappa shape index (κ2) is 5.08. The number of nitrogens with two attached hydrogens (primary N) is 2. The molecule has 1 aromatic heterocycles. The van der Waals surface area contributed by atoms with E-state index < -0.39 is 23.9 Å². The van der Waals surface area contributed by atoms with Crippen LogP contribution in [0.5, 0.6) is 5.88 Å². The molecule has 0 unspecified atom stereocenters. The van der Waals surface area contributed by atoms with Crippen LogP contribution >= 0.6 is 0 Å². The zero-order valence-electron chi connectivity index (χ0n) is 9.25. The van der Waals surface area contributed by atoms with Crippen LogP contribution in [0, 0.1) is 0 Å². The highest BCUT2D eigenvalue weighted by atomic mass is 19.4. The van der Waals surface area contributed by atoms with E-state index >= 15 is 0 Å². The van der Waals surface area contributed by atoms with Gasteiger partial charge in [0, 0.05) is 12.6 Å². The number of carbonyl (C=O) groups is 1. The number of halogens is 3. The molecule has 0 saturated heterocycles. The summed E-state index contributed by atoms with van der Waals surface area (Å²) in [5, 5.41) is 0. The number of hydrogen-bond acceptors (Lipinski definition) is 6. The van der Waals surface area contributed by atoms with Gasteiger partial charge in [-0.3, -0.25) is 0 Å². The van der Waals surface area contributed by atoms with Crippen LogP contribution in [0.25, 0.3) is 0 Å². The molecule has 0 saturated carbocycles. The summed E-state index contributed by atoms with van der Waals surface area (Å²) in [6.07, 6.45) is -4.93. The van der Waals surface area contributed by atoms with E-state index in [1.54, 1.807) is 0 Å². The highest BCUT2D eigenvalue weighted by Crippen LogP contribution is 2.26. The number of ether oxygens (including phenoxy) is 2. The van der Waals surface area contributed by atoms with Gasteiger partial charge in [-0.15, -0.1) is 13.2 Å². The SMILES string of the molecule is COC(=O)c1nc(OC(F)(F)F)cc(CN)c1N. The van der Waals surface area contributed by atoms with E-state index in [0.29, 0.717) is 0 Å². The lowest BCUT2D eigenvalue weighted by Crippen LogP contribution is -2.20. The molecule has 0 amide bonds. The van der Waals surface area contributed by atoms with Crippen LogP contribution in [0.4, 0.5) is 18.9 Å². The molecule has 0 aliphatic carbocycles. The first-order chi connectivity index (χ1) is 8.28. The van der Waals surface area contributed by atoms with Gasteiger partial charge in [0.25, 0.3) is 0 Å².